The maximum Gasteiger partial charge on any atom is 0.129 e. The molecule has 4 nitrogen and oxygen atoms in total. The fraction of sp³-hybridized carbons (Fsp3) is 0.304. The van der Waals surface area contributed by atoms with Gasteiger partial charge in [0.25, 0.3) is 0 Å². The van der Waals surface area contributed by atoms with E-state index in [1.165, 1.54) is 16.8 Å². The van der Waals surface area contributed by atoms with E-state index >= 15 is 0 Å². The molecular weight excluding hydrogens is 334 g/mol. The molecule has 4 heteroatoms. The first-order valence-electron chi connectivity index (χ1n) is 9.13. The Morgan fingerprint density at radius 1 is 1.22 bits per heavy atom. The van der Waals surface area contributed by atoms with Crippen LogP contribution in [0.4, 0.5) is 11.4 Å². The Hall–Kier alpha value is -3.06. The highest BCUT2D eigenvalue weighted by molar-refractivity contribution is 5.92. The summed E-state index contributed by atoms with van der Waals surface area (Å²) < 4.78 is 5.65. The van der Waals surface area contributed by atoms with Gasteiger partial charge < -0.3 is 9.64 Å². The number of hydrogen-bond acceptors (Lipinski definition) is 4. The minimum absolute atomic E-state index is 0.0328. The molecule has 0 bridgehead atoms. The molecule has 1 aliphatic heterocycles. The van der Waals surface area contributed by atoms with Gasteiger partial charge in [-0.05, 0) is 63.6 Å². The number of hydrogen-bond donors (Lipinski definition) is 0. The summed E-state index contributed by atoms with van der Waals surface area (Å²) in [5.74, 6) is 0.801. The van der Waals surface area contributed by atoms with Gasteiger partial charge in [0.2, 0.25) is 0 Å². The molecule has 2 aromatic rings. The number of benzene rings is 2. The molecule has 0 N–H and O–H groups in total. The zero-order valence-corrected chi connectivity index (χ0v) is 16.6. The lowest BCUT2D eigenvalue weighted by molar-refractivity contribution is 0.413. The molecule has 0 spiro atoms. The lowest BCUT2D eigenvalue weighted by Gasteiger charge is -2.43. The van der Waals surface area contributed by atoms with Crippen molar-refractivity contribution in [3.8, 4) is 11.8 Å². The average molecular weight is 359 g/mol. The number of aliphatic imine (C=N–C) groups is 1. The normalized spacial score (nSPS) is 15.3. The van der Waals surface area contributed by atoms with E-state index in [1.54, 1.807) is 19.2 Å². The zero-order valence-electron chi connectivity index (χ0n) is 16.6. The number of fused-ring (bicyclic) bond motifs is 1. The summed E-state index contributed by atoms with van der Waals surface area (Å²) in [6.45, 7) is 9.71. The van der Waals surface area contributed by atoms with Crippen LogP contribution in [0.2, 0.25) is 0 Å². The number of allylic oxidation sites excluding steroid dienone is 1. The molecule has 0 amide bonds. The molecule has 0 fully saturated rings. The molecule has 27 heavy (non-hydrogen) atoms. The number of anilines is 1. The highest BCUT2D eigenvalue weighted by Crippen LogP contribution is 2.41. The van der Waals surface area contributed by atoms with Gasteiger partial charge in [0.15, 0.2) is 0 Å². The number of nitrogens with zero attached hydrogens (tertiary/aromatic N) is 3. The van der Waals surface area contributed by atoms with E-state index in [0.717, 1.165) is 23.5 Å². The van der Waals surface area contributed by atoms with Crippen molar-refractivity contribution in [1.82, 2.24) is 0 Å². The van der Waals surface area contributed by atoms with E-state index in [9.17, 15) is 0 Å². The van der Waals surface area contributed by atoms with Crippen molar-refractivity contribution in [2.45, 2.75) is 33.2 Å². The van der Waals surface area contributed by atoms with Crippen molar-refractivity contribution < 1.29 is 4.74 Å². The number of rotatable bonds is 4. The smallest absolute Gasteiger partial charge is 0.129 e. The lowest BCUT2D eigenvalue weighted by Crippen LogP contribution is -2.44. The first-order valence-corrected chi connectivity index (χ1v) is 9.13. The second kappa shape index (κ2) is 7.28. The van der Waals surface area contributed by atoms with Crippen LogP contribution in [-0.4, -0.2) is 25.4 Å². The molecule has 1 heterocycles. The van der Waals surface area contributed by atoms with Crippen molar-refractivity contribution in [1.29, 1.82) is 5.26 Å². The van der Waals surface area contributed by atoms with Gasteiger partial charge in [0.1, 0.15) is 5.75 Å². The Kier molecular flexibility index (Phi) is 5.05. The second-order valence-electron chi connectivity index (χ2n) is 7.25. The van der Waals surface area contributed by atoms with Crippen molar-refractivity contribution in [2.75, 3.05) is 18.6 Å². The predicted octanol–water partition coefficient (Wildman–Crippen LogP) is 5.34. The maximum absolute atomic E-state index is 8.91. The first-order chi connectivity index (χ1) is 12.9. The average Bonchev–Trinajstić information content (AvgIpc) is 2.66. The lowest BCUT2D eigenvalue weighted by atomic mass is 9.88. The third-order valence-electron chi connectivity index (χ3n) is 4.99. The highest BCUT2D eigenvalue weighted by Gasteiger charge is 2.31. The number of ether oxygens (including phenoxy) is 1. The molecule has 3 rings (SSSR count). The van der Waals surface area contributed by atoms with Gasteiger partial charge in [-0.1, -0.05) is 6.08 Å². The van der Waals surface area contributed by atoms with Crippen LogP contribution in [-0.2, 0) is 0 Å². The van der Waals surface area contributed by atoms with Gasteiger partial charge in [0, 0.05) is 35.6 Å². The van der Waals surface area contributed by atoms with Gasteiger partial charge in [-0.3, -0.25) is 4.99 Å². The Balaban J connectivity index is 2.04. The Morgan fingerprint density at radius 2 is 1.93 bits per heavy atom. The van der Waals surface area contributed by atoms with Crippen LogP contribution in [0.3, 0.4) is 0 Å². The standard InChI is InChI=1S/C23H25N3O/c1-6-26-21-12-22(27-5)18(11-20(21)16(2)13-23(26,3)4)15-25-19-9-7-17(14-24)8-10-19/h7-13,15H,6H2,1-5H3. The van der Waals surface area contributed by atoms with E-state index in [-0.39, 0.29) is 5.54 Å². The molecule has 0 aliphatic carbocycles. The zero-order chi connectivity index (χ0) is 19.6. The Morgan fingerprint density at radius 3 is 2.52 bits per heavy atom. The van der Waals surface area contributed by atoms with Gasteiger partial charge in [0.05, 0.1) is 30.0 Å². The van der Waals surface area contributed by atoms with Crippen LogP contribution in [0.1, 0.15) is 44.4 Å². The third-order valence-corrected chi connectivity index (χ3v) is 4.99. The van der Waals surface area contributed by atoms with E-state index in [1.807, 2.05) is 18.3 Å². The quantitative estimate of drug-likeness (QED) is 0.692. The summed E-state index contributed by atoms with van der Waals surface area (Å²) in [6, 6.07) is 13.6. The van der Waals surface area contributed by atoms with Crippen LogP contribution in [0, 0.1) is 11.3 Å². The molecule has 0 saturated carbocycles. The van der Waals surface area contributed by atoms with Crippen LogP contribution < -0.4 is 9.64 Å². The fourth-order valence-corrected chi connectivity index (χ4v) is 3.74. The molecule has 0 radical (unpaired) electrons. The highest BCUT2D eigenvalue weighted by atomic mass is 16.5. The summed E-state index contributed by atoms with van der Waals surface area (Å²) in [7, 11) is 1.69. The number of likely N-dealkylation sites (N-methyl/N-ethyl adjacent to an activating group) is 1. The first kappa shape index (κ1) is 18.7. The molecule has 0 saturated heterocycles. The largest absolute Gasteiger partial charge is 0.496 e. The number of nitriles is 1. The minimum atomic E-state index is -0.0328. The minimum Gasteiger partial charge on any atom is -0.496 e. The van der Waals surface area contributed by atoms with Crippen molar-refractivity contribution in [3.05, 3.63) is 59.2 Å². The van der Waals surface area contributed by atoms with Crippen LogP contribution >= 0.6 is 0 Å². The third kappa shape index (κ3) is 3.59. The molecule has 138 valence electrons. The van der Waals surface area contributed by atoms with E-state index in [4.69, 9.17) is 10.00 Å². The Bertz CT molecular complexity index is 947. The Labute approximate surface area is 161 Å². The fourth-order valence-electron chi connectivity index (χ4n) is 3.74. The summed E-state index contributed by atoms with van der Waals surface area (Å²) in [5, 5.41) is 8.91. The molecule has 0 aromatic heterocycles. The van der Waals surface area contributed by atoms with Crippen LogP contribution in [0.15, 0.2) is 47.5 Å². The predicted molar refractivity (Wildman–Crippen MR) is 112 cm³/mol. The topological polar surface area (TPSA) is 48.6 Å². The monoisotopic (exact) mass is 359 g/mol. The molecule has 0 unspecified atom stereocenters. The van der Waals surface area contributed by atoms with Gasteiger partial charge in [-0.2, -0.15) is 5.26 Å². The van der Waals surface area contributed by atoms with E-state index in [0.29, 0.717) is 5.56 Å². The van der Waals surface area contributed by atoms with E-state index < -0.39 is 0 Å². The van der Waals surface area contributed by atoms with Gasteiger partial charge in [-0.15, -0.1) is 0 Å². The molecule has 0 atom stereocenters. The molecule has 2 aromatic carbocycles. The van der Waals surface area contributed by atoms with Crippen molar-refractivity contribution >= 4 is 23.2 Å². The maximum atomic E-state index is 8.91. The molecular formula is C23H25N3O. The van der Waals surface area contributed by atoms with Crippen LogP contribution in [0.5, 0.6) is 5.75 Å². The van der Waals surface area contributed by atoms with Gasteiger partial charge >= 0.3 is 0 Å². The summed E-state index contributed by atoms with van der Waals surface area (Å²) in [4.78, 5) is 6.94. The summed E-state index contributed by atoms with van der Waals surface area (Å²) >= 11 is 0. The molecule has 1 aliphatic rings. The number of methoxy groups -OCH3 is 1. The van der Waals surface area contributed by atoms with Crippen LogP contribution in [0.25, 0.3) is 5.57 Å². The van der Waals surface area contributed by atoms with Gasteiger partial charge in [-0.25, -0.2) is 0 Å². The second-order valence-corrected chi connectivity index (χ2v) is 7.25. The summed E-state index contributed by atoms with van der Waals surface area (Å²) in [5.41, 5.74) is 5.99. The van der Waals surface area contributed by atoms with Crippen molar-refractivity contribution in [2.24, 2.45) is 4.99 Å². The van der Waals surface area contributed by atoms with Crippen molar-refractivity contribution in [3.63, 3.8) is 0 Å². The summed E-state index contributed by atoms with van der Waals surface area (Å²) in [6.07, 6.45) is 4.14. The van der Waals surface area contributed by atoms with E-state index in [2.05, 4.69) is 61.9 Å². The SMILES string of the molecule is CCN1c2cc(OC)c(C=Nc3ccc(C#N)cc3)cc2C(C)=CC1(C)C.